The highest BCUT2D eigenvalue weighted by Crippen LogP contribution is 2.32. The van der Waals surface area contributed by atoms with Gasteiger partial charge in [0, 0.05) is 19.3 Å². The van der Waals surface area contributed by atoms with Gasteiger partial charge in [0.2, 0.25) is 9.84 Å². The highest BCUT2D eigenvalue weighted by molar-refractivity contribution is 7.91. The number of nitrogens with one attached hydrogen (secondary N) is 1. The van der Waals surface area contributed by atoms with Gasteiger partial charge in [0.25, 0.3) is 0 Å². The molecule has 0 unspecified atom stereocenters. The molecule has 0 bridgehead atoms. The average molecular weight is 455 g/mol. The van der Waals surface area contributed by atoms with Crippen molar-refractivity contribution in [1.29, 1.82) is 0 Å². The lowest BCUT2D eigenvalue weighted by Crippen LogP contribution is -2.06. The summed E-state index contributed by atoms with van der Waals surface area (Å²) in [6, 6.07) is 28.3. The molecule has 0 radical (unpaired) electrons. The van der Waals surface area contributed by atoms with Crippen molar-refractivity contribution in [3.8, 4) is 0 Å². The zero-order valence-electron chi connectivity index (χ0n) is 17.8. The highest BCUT2D eigenvalue weighted by Gasteiger charge is 2.26. The normalized spacial score (nSPS) is 11.5. The van der Waals surface area contributed by atoms with Crippen molar-refractivity contribution in [2.45, 2.75) is 22.9 Å². The molecule has 5 aromatic rings. The van der Waals surface area contributed by atoms with E-state index in [1.54, 1.807) is 36.5 Å². The number of hydrogen-bond acceptors (Lipinski definition) is 5. The van der Waals surface area contributed by atoms with Crippen molar-refractivity contribution >= 4 is 26.7 Å². The second-order valence-electron chi connectivity index (χ2n) is 7.68. The van der Waals surface area contributed by atoms with Crippen molar-refractivity contribution in [2.75, 3.05) is 5.32 Å². The van der Waals surface area contributed by atoms with Crippen LogP contribution in [0, 0.1) is 0 Å². The first kappa shape index (κ1) is 20.9. The summed E-state index contributed by atoms with van der Waals surface area (Å²) in [5.74, 6) is 0.592. The Morgan fingerprint density at radius 3 is 2.03 bits per heavy atom. The van der Waals surface area contributed by atoms with Crippen LogP contribution in [0.3, 0.4) is 0 Å². The first-order valence-electron chi connectivity index (χ1n) is 10.6. The monoisotopic (exact) mass is 454 g/mol. The van der Waals surface area contributed by atoms with Gasteiger partial charge in [-0.1, -0.05) is 78.9 Å². The number of rotatable bonds is 7. The molecule has 0 aliphatic rings. The standard InChI is InChI=1S/C26H22N4O2S/c31-33(32,22-14-8-3-9-15-22)23-18-30(17-21-12-6-2-7-13-21)25-24(23)28-19-29-26(25)27-16-20-10-4-1-5-11-20/h1-15,18-19H,16-17H2,(H,27,28,29). The average Bonchev–Trinajstić information content (AvgIpc) is 3.24. The topological polar surface area (TPSA) is 76.9 Å². The van der Waals surface area contributed by atoms with Crippen LogP contribution in [0.1, 0.15) is 11.1 Å². The quantitative estimate of drug-likeness (QED) is 0.378. The predicted octanol–water partition coefficient (Wildman–Crippen LogP) is 4.92. The zero-order chi connectivity index (χ0) is 22.7. The summed E-state index contributed by atoms with van der Waals surface area (Å²) in [6.45, 7) is 1.05. The van der Waals surface area contributed by atoms with Crippen LogP contribution < -0.4 is 5.32 Å². The molecular weight excluding hydrogens is 432 g/mol. The molecule has 33 heavy (non-hydrogen) atoms. The molecule has 6 nitrogen and oxygen atoms in total. The molecule has 164 valence electrons. The first-order chi connectivity index (χ1) is 16.1. The van der Waals surface area contributed by atoms with Crippen LogP contribution in [0.5, 0.6) is 0 Å². The lowest BCUT2D eigenvalue weighted by Gasteiger charge is -2.10. The number of fused-ring (bicyclic) bond motifs is 1. The van der Waals surface area contributed by atoms with E-state index < -0.39 is 9.84 Å². The molecule has 1 N–H and O–H groups in total. The Balaban J connectivity index is 1.64. The maximum absolute atomic E-state index is 13.5. The van der Waals surface area contributed by atoms with E-state index in [4.69, 9.17) is 0 Å². The molecule has 0 saturated carbocycles. The number of hydrogen-bond donors (Lipinski definition) is 1. The van der Waals surface area contributed by atoms with Gasteiger partial charge < -0.3 is 9.88 Å². The van der Waals surface area contributed by atoms with E-state index in [1.807, 2.05) is 65.2 Å². The minimum atomic E-state index is -3.76. The highest BCUT2D eigenvalue weighted by atomic mass is 32.2. The molecule has 0 atom stereocenters. The summed E-state index contributed by atoms with van der Waals surface area (Å²) in [5.41, 5.74) is 3.21. The van der Waals surface area contributed by atoms with Crippen LogP contribution in [-0.4, -0.2) is 23.0 Å². The zero-order valence-corrected chi connectivity index (χ0v) is 18.6. The number of benzene rings is 3. The lowest BCUT2D eigenvalue weighted by molar-refractivity contribution is 0.596. The Bertz CT molecular complexity index is 1480. The van der Waals surface area contributed by atoms with Crippen LogP contribution in [0.2, 0.25) is 0 Å². The molecule has 0 aliphatic carbocycles. The third kappa shape index (κ3) is 4.23. The third-order valence-electron chi connectivity index (χ3n) is 5.46. The van der Waals surface area contributed by atoms with Crippen molar-refractivity contribution in [3.63, 3.8) is 0 Å². The summed E-state index contributed by atoms with van der Waals surface area (Å²) in [4.78, 5) is 9.26. The molecule has 0 spiro atoms. The van der Waals surface area contributed by atoms with Gasteiger partial charge in [0.1, 0.15) is 22.3 Å². The molecule has 0 amide bonds. The molecule has 0 saturated heterocycles. The van der Waals surface area contributed by atoms with Gasteiger partial charge in [0.05, 0.1) is 4.90 Å². The van der Waals surface area contributed by atoms with Gasteiger partial charge >= 0.3 is 0 Å². The number of sulfone groups is 1. The molecular formula is C26H22N4O2S. The Morgan fingerprint density at radius 2 is 1.36 bits per heavy atom. The van der Waals surface area contributed by atoms with Crippen molar-refractivity contribution < 1.29 is 8.42 Å². The fraction of sp³-hybridized carbons (Fsp3) is 0.0769. The molecule has 5 rings (SSSR count). The van der Waals surface area contributed by atoms with Crippen molar-refractivity contribution in [3.05, 3.63) is 115 Å². The lowest BCUT2D eigenvalue weighted by atomic mass is 10.2. The molecule has 2 aromatic heterocycles. The summed E-state index contributed by atoms with van der Waals surface area (Å²) >= 11 is 0. The fourth-order valence-electron chi connectivity index (χ4n) is 3.84. The van der Waals surface area contributed by atoms with Crippen LogP contribution in [-0.2, 0) is 22.9 Å². The smallest absolute Gasteiger partial charge is 0.210 e. The van der Waals surface area contributed by atoms with Crippen LogP contribution in [0.15, 0.2) is 113 Å². The molecule has 0 aliphatic heterocycles. The van der Waals surface area contributed by atoms with E-state index in [1.165, 1.54) is 6.33 Å². The van der Waals surface area contributed by atoms with E-state index >= 15 is 0 Å². The van der Waals surface area contributed by atoms with Gasteiger partial charge in [-0.15, -0.1) is 0 Å². The van der Waals surface area contributed by atoms with Gasteiger partial charge in [-0.05, 0) is 23.3 Å². The largest absolute Gasteiger partial charge is 0.364 e. The Kier molecular flexibility index (Phi) is 5.62. The first-order valence-corrected chi connectivity index (χ1v) is 12.1. The SMILES string of the molecule is O=S(=O)(c1ccccc1)c1cn(Cc2ccccc2)c2c(NCc3ccccc3)ncnc12. The Labute approximate surface area is 192 Å². The summed E-state index contributed by atoms with van der Waals surface area (Å²) in [5, 5.41) is 3.37. The van der Waals surface area contributed by atoms with Gasteiger partial charge in [-0.3, -0.25) is 0 Å². The maximum Gasteiger partial charge on any atom is 0.210 e. The summed E-state index contributed by atoms with van der Waals surface area (Å²) in [7, 11) is -3.76. The minimum absolute atomic E-state index is 0.171. The predicted molar refractivity (Wildman–Crippen MR) is 129 cm³/mol. The van der Waals surface area contributed by atoms with E-state index in [0.717, 1.165) is 11.1 Å². The second kappa shape index (κ2) is 8.88. The van der Waals surface area contributed by atoms with Gasteiger partial charge in [0.15, 0.2) is 5.82 Å². The third-order valence-corrected chi connectivity index (χ3v) is 7.23. The minimum Gasteiger partial charge on any atom is -0.364 e. The van der Waals surface area contributed by atoms with E-state index in [9.17, 15) is 8.42 Å². The van der Waals surface area contributed by atoms with Crippen molar-refractivity contribution in [1.82, 2.24) is 14.5 Å². The van der Waals surface area contributed by atoms with E-state index in [0.29, 0.717) is 29.9 Å². The second-order valence-corrected chi connectivity index (χ2v) is 9.60. The van der Waals surface area contributed by atoms with E-state index in [-0.39, 0.29) is 9.79 Å². The van der Waals surface area contributed by atoms with E-state index in [2.05, 4.69) is 15.3 Å². The maximum atomic E-state index is 13.5. The molecule has 3 aromatic carbocycles. The number of nitrogens with zero attached hydrogens (tertiary/aromatic N) is 3. The molecule has 2 heterocycles. The van der Waals surface area contributed by atoms with Crippen molar-refractivity contribution in [2.24, 2.45) is 0 Å². The van der Waals surface area contributed by atoms with Crippen LogP contribution in [0.4, 0.5) is 5.82 Å². The Hall–Kier alpha value is -3.97. The summed E-state index contributed by atoms with van der Waals surface area (Å²) < 4.78 is 28.9. The molecule has 0 fully saturated rings. The van der Waals surface area contributed by atoms with Crippen LogP contribution >= 0.6 is 0 Å². The fourth-order valence-corrected chi connectivity index (χ4v) is 5.28. The number of anilines is 1. The van der Waals surface area contributed by atoms with Crippen LogP contribution in [0.25, 0.3) is 11.0 Å². The van der Waals surface area contributed by atoms with Gasteiger partial charge in [-0.25, -0.2) is 18.4 Å². The summed E-state index contributed by atoms with van der Waals surface area (Å²) in [6.07, 6.45) is 3.08. The number of aromatic nitrogens is 3. The van der Waals surface area contributed by atoms with Gasteiger partial charge in [-0.2, -0.15) is 0 Å². The Morgan fingerprint density at radius 1 is 0.758 bits per heavy atom. The molecule has 7 heteroatoms.